The molecule has 0 spiro atoms. The van der Waals surface area contributed by atoms with E-state index in [2.05, 4.69) is 36.5 Å². The zero-order chi connectivity index (χ0) is 12.0. The summed E-state index contributed by atoms with van der Waals surface area (Å²) >= 11 is 0. The predicted molar refractivity (Wildman–Crippen MR) is 68.6 cm³/mol. The van der Waals surface area contributed by atoms with Crippen LogP contribution < -0.4 is 5.32 Å². The van der Waals surface area contributed by atoms with Gasteiger partial charge in [-0.3, -0.25) is 0 Å². The first-order valence-electron chi connectivity index (χ1n) is 6.03. The molecule has 0 heterocycles. The van der Waals surface area contributed by atoms with Crippen LogP contribution in [-0.2, 0) is 0 Å². The maximum absolute atomic E-state index is 9.84. The average molecular weight is 221 g/mol. The van der Waals surface area contributed by atoms with Gasteiger partial charge in [-0.1, -0.05) is 44.2 Å². The van der Waals surface area contributed by atoms with E-state index in [1.54, 1.807) is 0 Å². The van der Waals surface area contributed by atoms with Gasteiger partial charge in [-0.05, 0) is 24.8 Å². The Labute approximate surface area is 98.7 Å². The Morgan fingerprint density at radius 2 is 1.94 bits per heavy atom. The van der Waals surface area contributed by atoms with Crippen molar-refractivity contribution in [1.29, 1.82) is 0 Å². The van der Waals surface area contributed by atoms with E-state index in [-0.39, 0.29) is 0 Å². The molecule has 2 unspecified atom stereocenters. The lowest BCUT2D eigenvalue weighted by Crippen LogP contribution is -2.38. The van der Waals surface area contributed by atoms with E-state index in [9.17, 15) is 5.11 Å². The second kappa shape index (κ2) is 6.02. The van der Waals surface area contributed by atoms with E-state index in [0.29, 0.717) is 12.5 Å². The zero-order valence-corrected chi connectivity index (χ0v) is 10.5. The van der Waals surface area contributed by atoms with E-state index in [1.165, 1.54) is 5.56 Å². The SMILES string of the molecule is CCC(C)(O)CNCC(C)c1ccccc1. The van der Waals surface area contributed by atoms with Crippen LogP contribution in [0.5, 0.6) is 0 Å². The molecule has 0 saturated heterocycles. The largest absolute Gasteiger partial charge is 0.389 e. The summed E-state index contributed by atoms with van der Waals surface area (Å²) in [6.45, 7) is 7.62. The van der Waals surface area contributed by atoms with E-state index < -0.39 is 5.60 Å². The fraction of sp³-hybridized carbons (Fsp3) is 0.571. The third-order valence-electron chi connectivity index (χ3n) is 3.09. The first kappa shape index (κ1) is 13.2. The van der Waals surface area contributed by atoms with Crippen LogP contribution in [0.4, 0.5) is 0 Å². The topological polar surface area (TPSA) is 32.3 Å². The Hall–Kier alpha value is -0.860. The Bertz CT molecular complexity index is 295. The van der Waals surface area contributed by atoms with Gasteiger partial charge in [-0.25, -0.2) is 0 Å². The standard InChI is InChI=1S/C14H23NO/c1-4-14(3,16)11-15-10-12(2)13-8-6-5-7-9-13/h5-9,12,15-16H,4,10-11H2,1-3H3. The third-order valence-corrected chi connectivity index (χ3v) is 3.09. The number of nitrogens with one attached hydrogen (secondary N) is 1. The quantitative estimate of drug-likeness (QED) is 0.773. The van der Waals surface area contributed by atoms with Crippen molar-refractivity contribution in [2.75, 3.05) is 13.1 Å². The molecule has 2 atom stereocenters. The maximum atomic E-state index is 9.84. The van der Waals surface area contributed by atoms with Crippen molar-refractivity contribution in [2.45, 2.75) is 38.7 Å². The fourth-order valence-electron chi connectivity index (χ4n) is 1.58. The van der Waals surface area contributed by atoms with Crippen LogP contribution in [0.3, 0.4) is 0 Å². The van der Waals surface area contributed by atoms with Crippen LogP contribution in [0.25, 0.3) is 0 Å². The smallest absolute Gasteiger partial charge is 0.0740 e. The van der Waals surface area contributed by atoms with Gasteiger partial charge >= 0.3 is 0 Å². The van der Waals surface area contributed by atoms with Crippen molar-refractivity contribution in [2.24, 2.45) is 0 Å². The molecule has 2 heteroatoms. The predicted octanol–water partition coefficient (Wildman–Crippen LogP) is 2.54. The molecule has 2 N–H and O–H groups in total. The lowest BCUT2D eigenvalue weighted by Gasteiger charge is -2.23. The van der Waals surface area contributed by atoms with Gasteiger partial charge in [0, 0.05) is 13.1 Å². The summed E-state index contributed by atoms with van der Waals surface area (Å²) in [5.74, 6) is 0.480. The van der Waals surface area contributed by atoms with E-state index >= 15 is 0 Å². The first-order chi connectivity index (χ1) is 7.55. The molecule has 0 amide bonds. The molecule has 0 saturated carbocycles. The van der Waals surface area contributed by atoms with E-state index in [4.69, 9.17) is 0 Å². The number of benzene rings is 1. The molecule has 1 rings (SSSR count). The monoisotopic (exact) mass is 221 g/mol. The molecule has 0 fully saturated rings. The number of aliphatic hydroxyl groups is 1. The molecule has 0 bridgehead atoms. The highest BCUT2D eigenvalue weighted by Crippen LogP contribution is 2.13. The molecular weight excluding hydrogens is 198 g/mol. The van der Waals surface area contributed by atoms with Crippen molar-refractivity contribution >= 4 is 0 Å². The molecule has 90 valence electrons. The van der Waals surface area contributed by atoms with Crippen LogP contribution in [0.15, 0.2) is 30.3 Å². The summed E-state index contributed by atoms with van der Waals surface area (Å²) < 4.78 is 0. The minimum atomic E-state index is -0.587. The zero-order valence-electron chi connectivity index (χ0n) is 10.5. The van der Waals surface area contributed by atoms with Crippen molar-refractivity contribution < 1.29 is 5.11 Å². The van der Waals surface area contributed by atoms with E-state index in [0.717, 1.165) is 13.0 Å². The van der Waals surface area contributed by atoms with Gasteiger partial charge < -0.3 is 10.4 Å². The molecule has 0 aliphatic heterocycles. The molecule has 16 heavy (non-hydrogen) atoms. The lowest BCUT2D eigenvalue weighted by atomic mass is 10.00. The van der Waals surface area contributed by atoms with Crippen molar-refractivity contribution in [3.05, 3.63) is 35.9 Å². The molecule has 0 radical (unpaired) electrons. The average Bonchev–Trinajstić information content (AvgIpc) is 2.30. The Morgan fingerprint density at radius 3 is 2.50 bits per heavy atom. The fourth-order valence-corrected chi connectivity index (χ4v) is 1.58. The maximum Gasteiger partial charge on any atom is 0.0740 e. The van der Waals surface area contributed by atoms with Gasteiger partial charge in [-0.2, -0.15) is 0 Å². The van der Waals surface area contributed by atoms with Crippen LogP contribution in [-0.4, -0.2) is 23.8 Å². The Morgan fingerprint density at radius 1 is 1.31 bits per heavy atom. The highest BCUT2D eigenvalue weighted by molar-refractivity contribution is 5.18. The second-order valence-electron chi connectivity index (χ2n) is 4.79. The van der Waals surface area contributed by atoms with Crippen LogP contribution in [0.2, 0.25) is 0 Å². The highest BCUT2D eigenvalue weighted by atomic mass is 16.3. The van der Waals surface area contributed by atoms with Gasteiger partial charge in [0.1, 0.15) is 0 Å². The van der Waals surface area contributed by atoms with Gasteiger partial charge in [-0.15, -0.1) is 0 Å². The normalized spacial score (nSPS) is 16.8. The van der Waals surface area contributed by atoms with Crippen LogP contribution >= 0.6 is 0 Å². The summed E-state index contributed by atoms with van der Waals surface area (Å²) in [6, 6.07) is 10.4. The second-order valence-corrected chi connectivity index (χ2v) is 4.79. The van der Waals surface area contributed by atoms with Crippen molar-refractivity contribution in [1.82, 2.24) is 5.32 Å². The van der Waals surface area contributed by atoms with Gasteiger partial charge in [0.2, 0.25) is 0 Å². The number of hydrogen-bond acceptors (Lipinski definition) is 2. The van der Waals surface area contributed by atoms with Gasteiger partial charge in [0.05, 0.1) is 5.60 Å². The molecule has 0 aliphatic carbocycles. The summed E-state index contributed by atoms with van der Waals surface area (Å²) in [5, 5.41) is 13.2. The molecule has 0 aliphatic rings. The first-order valence-corrected chi connectivity index (χ1v) is 6.03. The summed E-state index contributed by atoms with van der Waals surface area (Å²) in [6.07, 6.45) is 0.777. The summed E-state index contributed by atoms with van der Waals surface area (Å²) in [4.78, 5) is 0. The van der Waals surface area contributed by atoms with Gasteiger partial charge in [0.25, 0.3) is 0 Å². The third kappa shape index (κ3) is 4.33. The molecule has 1 aromatic carbocycles. The number of rotatable bonds is 6. The number of hydrogen-bond donors (Lipinski definition) is 2. The van der Waals surface area contributed by atoms with Crippen molar-refractivity contribution in [3.8, 4) is 0 Å². The molecular formula is C14H23NO. The van der Waals surface area contributed by atoms with Crippen LogP contribution in [0.1, 0.15) is 38.7 Å². The van der Waals surface area contributed by atoms with Crippen LogP contribution in [0, 0.1) is 0 Å². The minimum Gasteiger partial charge on any atom is -0.389 e. The molecule has 1 aromatic rings. The summed E-state index contributed by atoms with van der Waals surface area (Å²) in [5.41, 5.74) is 0.752. The molecule has 0 aromatic heterocycles. The minimum absolute atomic E-state index is 0.480. The van der Waals surface area contributed by atoms with E-state index in [1.807, 2.05) is 19.9 Å². The highest BCUT2D eigenvalue weighted by Gasteiger charge is 2.16. The summed E-state index contributed by atoms with van der Waals surface area (Å²) in [7, 11) is 0. The molecule has 2 nitrogen and oxygen atoms in total. The van der Waals surface area contributed by atoms with Gasteiger partial charge in [0.15, 0.2) is 0 Å². The van der Waals surface area contributed by atoms with Crippen molar-refractivity contribution in [3.63, 3.8) is 0 Å². The lowest BCUT2D eigenvalue weighted by molar-refractivity contribution is 0.0557. The Kier molecular flexibility index (Phi) is 4.97. The Balaban J connectivity index is 2.34.